The van der Waals surface area contributed by atoms with Crippen molar-refractivity contribution in [3.63, 3.8) is 0 Å². The lowest BCUT2D eigenvalue weighted by atomic mass is 10.0. The van der Waals surface area contributed by atoms with Gasteiger partial charge in [0, 0.05) is 13.1 Å². The number of methoxy groups -OCH3 is 2. The fourth-order valence-corrected chi connectivity index (χ4v) is 2.68. The molecule has 1 aromatic carbocycles. The van der Waals surface area contributed by atoms with Gasteiger partial charge in [-0.2, -0.15) is 0 Å². The summed E-state index contributed by atoms with van der Waals surface area (Å²) in [6, 6.07) is 9.43. The van der Waals surface area contributed by atoms with E-state index >= 15 is 0 Å². The molecule has 22 heavy (non-hydrogen) atoms. The van der Waals surface area contributed by atoms with Crippen molar-refractivity contribution in [2.75, 3.05) is 27.3 Å². The third-order valence-electron chi connectivity index (χ3n) is 3.74. The van der Waals surface area contributed by atoms with Crippen LogP contribution < -0.4 is 0 Å². The molecule has 0 aromatic heterocycles. The Labute approximate surface area is 130 Å². The molecule has 1 heterocycles. The van der Waals surface area contributed by atoms with E-state index in [2.05, 4.69) is 4.90 Å². The summed E-state index contributed by atoms with van der Waals surface area (Å²) in [6.45, 7) is 1.61. The monoisotopic (exact) mass is 303 g/mol. The van der Waals surface area contributed by atoms with Crippen LogP contribution in [0.1, 0.15) is 24.8 Å². The van der Waals surface area contributed by atoms with E-state index in [1.165, 1.54) is 14.2 Å². The van der Waals surface area contributed by atoms with Crippen LogP contribution in [0.2, 0.25) is 0 Å². The van der Waals surface area contributed by atoms with Crippen LogP contribution in [0.4, 0.5) is 0 Å². The van der Waals surface area contributed by atoms with E-state index in [0.29, 0.717) is 5.70 Å². The van der Waals surface area contributed by atoms with Gasteiger partial charge in [-0.15, -0.1) is 0 Å². The highest BCUT2D eigenvalue weighted by atomic mass is 16.5. The zero-order valence-electron chi connectivity index (χ0n) is 13.0. The number of piperidine rings is 1. The summed E-state index contributed by atoms with van der Waals surface area (Å²) in [5.74, 6) is -1.34. The molecule has 0 amide bonds. The topological polar surface area (TPSA) is 55.8 Å². The Balaban J connectivity index is 2.59. The van der Waals surface area contributed by atoms with E-state index in [1.54, 1.807) is 0 Å². The molecule has 5 heteroatoms. The fourth-order valence-electron chi connectivity index (χ4n) is 2.68. The molecule has 1 aromatic rings. The zero-order valence-corrected chi connectivity index (χ0v) is 13.0. The van der Waals surface area contributed by atoms with Crippen molar-refractivity contribution in [2.24, 2.45) is 0 Å². The van der Waals surface area contributed by atoms with Crippen LogP contribution in [0.3, 0.4) is 0 Å². The molecule has 0 spiro atoms. The number of benzene rings is 1. The van der Waals surface area contributed by atoms with Gasteiger partial charge in [-0.3, -0.25) is 0 Å². The maximum Gasteiger partial charge on any atom is 0.347 e. The lowest BCUT2D eigenvalue weighted by Crippen LogP contribution is -2.32. The van der Waals surface area contributed by atoms with E-state index < -0.39 is 11.9 Å². The molecule has 118 valence electrons. The summed E-state index contributed by atoms with van der Waals surface area (Å²) in [5, 5.41) is 0. The number of rotatable bonds is 4. The molecule has 5 nitrogen and oxygen atoms in total. The average Bonchev–Trinajstić information content (AvgIpc) is 2.59. The summed E-state index contributed by atoms with van der Waals surface area (Å²) >= 11 is 0. The smallest absolute Gasteiger partial charge is 0.347 e. The van der Waals surface area contributed by atoms with Crippen LogP contribution in [-0.4, -0.2) is 44.1 Å². The average molecular weight is 303 g/mol. The SMILES string of the molecule is COC(=O)C(C(=O)OC)=C(c1ccccc1)N1CCCCC1. The van der Waals surface area contributed by atoms with Crippen LogP contribution in [0.15, 0.2) is 35.9 Å². The minimum absolute atomic E-state index is 0.0434. The van der Waals surface area contributed by atoms with Crippen LogP contribution >= 0.6 is 0 Å². The number of ether oxygens (including phenoxy) is 2. The van der Waals surface area contributed by atoms with Crippen molar-refractivity contribution in [3.05, 3.63) is 41.5 Å². The minimum Gasteiger partial charge on any atom is -0.465 e. The van der Waals surface area contributed by atoms with Crippen LogP contribution in [0.25, 0.3) is 5.70 Å². The normalized spacial score (nSPS) is 14.2. The predicted octanol–water partition coefficient (Wildman–Crippen LogP) is 2.23. The van der Waals surface area contributed by atoms with Crippen molar-refractivity contribution in [2.45, 2.75) is 19.3 Å². The van der Waals surface area contributed by atoms with E-state index in [4.69, 9.17) is 9.47 Å². The summed E-state index contributed by atoms with van der Waals surface area (Å²) in [7, 11) is 2.54. The molecule has 1 fully saturated rings. The third-order valence-corrected chi connectivity index (χ3v) is 3.74. The van der Waals surface area contributed by atoms with Gasteiger partial charge >= 0.3 is 11.9 Å². The maximum absolute atomic E-state index is 12.2. The van der Waals surface area contributed by atoms with Crippen molar-refractivity contribution in [1.29, 1.82) is 0 Å². The first kappa shape index (κ1) is 16.1. The minimum atomic E-state index is -0.670. The molecule has 1 aliphatic rings. The van der Waals surface area contributed by atoms with Gasteiger partial charge in [0.15, 0.2) is 5.57 Å². The molecule has 0 saturated carbocycles. The second-order valence-corrected chi connectivity index (χ2v) is 5.12. The Morgan fingerprint density at radius 3 is 1.95 bits per heavy atom. The van der Waals surface area contributed by atoms with Crippen molar-refractivity contribution < 1.29 is 19.1 Å². The van der Waals surface area contributed by atoms with Gasteiger partial charge in [0.25, 0.3) is 0 Å². The van der Waals surface area contributed by atoms with Gasteiger partial charge in [0.2, 0.25) is 0 Å². The number of likely N-dealkylation sites (tertiary alicyclic amines) is 1. The number of hydrogen-bond donors (Lipinski definition) is 0. The number of carbonyl (C=O) groups excluding carboxylic acids is 2. The molecule has 0 atom stereocenters. The standard InChI is InChI=1S/C17H21NO4/c1-21-16(19)14(17(20)22-2)15(13-9-5-3-6-10-13)18-11-7-4-8-12-18/h3,5-6,9-10H,4,7-8,11-12H2,1-2H3. The highest BCUT2D eigenvalue weighted by molar-refractivity contribution is 6.19. The van der Waals surface area contributed by atoms with Gasteiger partial charge in [0.05, 0.1) is 19.9 Å². The molecular formula is C17H21NO4. The molecule has 0 aliphatic carbocycles. The second-order valence-electron chi connectivity index (χ2n) is 5.12. The number of nitrogens with zero attached hydrogens (tertiary/aromatic N) is 1. The Bertz CT molecular complexity index is 541. The van der Waals surface area contributed by atoms with Crippen molar-refractivity contribution >= 4 is 17.6 Å². The summed E-state index contributed by atoms with van der Waals surface area (Å²) in [6.07, 6.45) is 3.22. The van der Waals surface area contributed by atoms with E-state index in [1.807, 2.05) is 30.3 Å². The molecule has 0 unspecified atom stereocenters. The Morgan fingerprint density at radius 2 is 1.45 bits per heavy atom. The highest BCUT2D eigenvalue weighted by Crippen LogP contribution is 2.28. The molecule has 1 aliphatic heterocycles. The van der Waals surface area contributed by atoms with Gasteiger partial charge in [-0.05, 0) is 24.8 Å². The first-order valence-electron chi connectivity index (χ1n) is 7.40. The molecule has 0 radical (unpaired) electrons. The zero-order chi connectivity index (χ0) is 15.9. The molecule has 0 N–H and O–H groups in total. The predicted molar refractivity (Wildman–Crippen MR) is 82.8 cm³/mol. The van der Waals surface area contributed by atoms with Crippen LogP contribution in [0.5, 0.6) is 0 Å². The van der Waals surface area contributed by atoms with Crippen molar-refractivity contribution in [1.82, 2.24) is 4.90 Å². The van der Waals surface area contributed by atoms with Gasteiger partial charge in [-0.1, -0.05) is 30.3 Å². The van der Waals surface area contributed by atoms with E-state index in [9.17, 15) is 9.59 Å². The summed E-state index contributed by atoms with van der Waals surface area (Å²) < 4.78 is 9.61. The molecule has 0 bridgehead atoms. The second kappa shape index (κ2) is 7.64. The number of esters is 2. The molecule has 1 saturated heterocycles. The van der Waals surface area contributed by atoms with E-state index in [-0.39, 0.29) is 5.57 Å². The van der Waals surface area contributed by atoms with Crippen molar-refractivity contribution in [3.8, 4) is 0 Å². The fraction of sp³-hybridized carbons (Fsp3) is 0.412. The Kier molecular flexibility index (Phi) is 5.58. The largest absolute Gasteiger partial charge is 0.465 e. The Morgan fingerprint density at radius 1 is 0.909 bits per heavy atom. The third kappa shape index (κ3) is 3.47. The summed E-state index contributed by atoms with van der Waals surface area (Å²) in [5.41, 5.74) is 1.37. The van der Waals surface area contributed by atoms with Gasteiger partial charge in [-0.25, -0.2) is 9.59 Å². The Hall–Kier alpha value is -2.30. The summed E-state index contributed by atoms with van der Waals surface area (Å²) in [4.78, 5) is 26.4. The van der Waals surface area contributed by atoms with Crippen LogP contribution in [-0.2, 0) is 19.1 Å². The highest BCUT2D eigenvalue weighted by Gasteiger charge is 2.29. The number of carbonyl (C=O) groups is 2. The van der Waals surface area contributed by atoms with Crippen LogP contribution in [0, 0.1) is 0 Å². The van der Waals surface area contributed by atoms with Gasteiger partial charge < -0.3 is 14.4 Å². The lowest BCUT2D eigenvalue weighted by Gasteiger charge is -2.32. The van der Waals surface area contributed by atoms with Gasteiger partial charge in [0.1, 0.15) is 0 Å². The first-order valence-corrected chi connectivity index (χ1v) is 7.40. The first-order chi connectivity index (χ1) is 10.7. The lowest BCUT2D eigenvalue weighted by molar-refractivity contribution is -0.144. The molecule has 2 rings (SSSR count). The van der Waals surface area contributed by atoms with E-state index in [0.717, 1.165) is 37.9 Å². The molecular weight excluding hydrogens is 282 g/mol. The maximum atomic E-state index is 12.2. The number of hydrogen-bond acceptors (Lipinski definition) is 5. The quantitative estimate of drug-likeness (QED) is 0.369.